The molecule has 1 aliphatic rings. The Balaban J connectivity index is 0.00000480. The Bertz CT molecular complexity index is 4030. The first kappa shape index (κ1) is 42.2. The monoisotopic (exact) mass is 1020 g/mol. The zero-order valence-corrected chi connectivity index (χ0v) is 41.2. The first-order valence-electron chi connectivity index (χ1n) is 23.4. The average Bonchev–Trinajstić information content (AvgIpc) is 4.07. The summed E-state index contributed by atoms with van der Waals surface area (Å²) in [6.45, 7) is 0. The molecule has 0 bridgehead atoms. The number of nitrogens with zero attached hydrogens (tertiary/aromatic N) is 4. The van der Waals surface area contributed by atoms with Crippen LogP contribution in [0.4, 0.5) is 17.2 Å². The largest absolute Gasteiger partial charge is 2.00 e. The molecule has 5 heterocycles. The van der Waals surface area contributed by atoms with Gasteiger partial charge < -0.3 is 13.7 Å². The first-order chi connectivity index (χ1) is 34.2. The molecule has 9 aromatic carbocycles. The zero-order valence-electron chi connectivity index (χ0n) is 37.6. The molecule has 0 saturated carbocycles. The predicted octanol–water partition coefficient (Wildman–Crippen LogP) is 9.07. The molecule has 0 N–H and O–H groups in total. The molecular formula is C62H40N4OPdSi2. The van der Waals surface area contributed by atoms with Crippen molar-refractivity contribution in [3.63, 3.8) is 0 Å². The van der Waals surface area contributed by atoms with Gasteiger partial charge in [0.15, 0.2) is 8.07 Å². The molecular weight excluding hydrogens is 979 g/mol. The minimum absolute atomic E-state index is 0. The number of imidazole rings is 1. The molecule has 332 valence electrons. The summed E-state index contributed by atoms with van der Waals surface area (Å²) in [5.41, 5.74) is 5.65. The van der Waals surface area contributed by atoms with Crippen molar-refractivity contribution in [3.05, 3.63) is 255 Å². The first-order valence-corrected chi connectivity index (χ1v) is 27.4. The SMILES string of the molecule is [Pd+2].[c-]1c(N2c3cc4oc5ccccc5c4cc3[Si](c3ccccc3)(c3ccccc3)c3cccnc32)cccc1[Si](c1[c-]c2c(cc1)c1ccccc1n1ccnc21)(c1ccccc1)c1ccccc1. The molecule has 0 spiro atoms. The summed E-state index contributed by atoms with van der Waals surface area (Å²) in [4.78, 5) is 12.7. The van der Waals surface area contributed by atoms with Gasteiger partial charge in [0.25, 0.3) is 0 Å². The van der Waals surface area contributed by atoms with Crippen LogP contribution in [0.25, 0.3) is 49.3 Å². The molecule has 0 unspecified atom stereocenters. The molecule has 8 heteroatoms. The number of pyridine rings is 2. The second-order valence-electron chi connectivity index (χ2n) is 17.9. The molecule has 0 saturated heterocycles. The number of fused-ring (bicyclic) bond motifs is 11. The van der Waals surface area contributed by atoms with E-state index in [1.807, 2.05) is 18.5 Å². The molecule has 0 amide bonds. The molecule has 13 aromatic rings. The van der Waals surface area contributed by atoms with Gasteiger partial charge in [0.2, 0.25) is 0 Å². The van der Waals surface area contributed by atoms with Gasteiger partial charge in [-0.1, -0.05) is 175 Å². The number of aromatic nitrogens is 3. The van der Waals surface area contributed by atoms with Gasteiger partial charge in [0.05, 0.1) is 5.65 Å². The average molecular weight is 1020 g/mol. The van der Waals surface area contributed by atoms with E-state index in [0.29, 0.717) is 0 Å². The topological polar surface area (TPSA) is 46.6 Å². The van der Waals surface area contributed by atoms with Crippen LogP contribution >= 0.6 is 0 Å². The zero-order chi connectivity index (χ0) is 45.5. The third kappa shape index (κ3) is 6.05. The number of hydrogen-bond acceptors (Lipinski definition) is 4. The van der Waals surface area contributed by atoms with E-state index in [0.717, 1.165) is 71.4 Å². The summed E-state index contributed by atoms with van der Waals surface area (Å²) in [5.74, 6) is 0.894. The summed E-state index contributed by atoms with van der Waals surface area (Å²) < 4.78 is 8.96. The van der Waals surface area contributed by atoms with E-state index in [1.54, 1.807) is 0 Å². The second-order valence-corrected chi connectivity index (χ2v) is 25.4. The number of para-hydroxylation sites is 2. The van der Waals surface area contributed by atoms with Crippen molar-refractivity contribution < 1.29 is 24.8 Å². The van der Waals surface area contributed by atoms with E-state index in [-0.39, 0.29) is 20.4 Å². The van der Waals surface area contributed by atoms with Crippen molar-refractivity contribution in [2.75, 3.05) is 4.90 Å². The summed E-state index contributed by atoms with van der Waals surface area (Å²) in [7, 11) is -6.30. The van der Waals surface area contributed by atoms with Gasteiger partial charge in [-0.15, -0.1) is 34.8 Å². The van der Waals surface area contributed by atoms with Crippen molar-refractivity contribution in [1.82, 2.24) is 14.4 Å². The molecule has 14 rings (SSSR count). The maximum Gasteiger partial charge on any atom is 2.00 e. The third-order valence-corrected chi connectivity index (χ3v) is 23.9. The van der Waals surface area contributed by atoms with Gasteiger partial charge in [-0.3, -0.25) is 4.98 Å². The molecule has 0 fully saturated rings. The van der Waals surface area contributed by atoms with Gasteiger partial charge in [-0.25, -0.2) is 4.98 Å². The maximum absolute atomic E-state index is 6.76. The number of rotatable bonds is 7. The van der Waals surface area contributed by atoms with Crippen LogP contribution in [0.3, 0.4) is 0 Å². The second kappa shape index (κ2) is 16.6. The normalized spacial score (nSPS) is 13.1. The maximum atomic E-state index is 6.76. The van der Waals surface area contributed by atoms with Crippen molar-refractivity contribution in [2.24, 2.45) is 0 Å². The van der Waals surface area contributed by atoms with Crippen LogP contribution in [-0.2, 0) is 20.4 Å². The van der Waals surface area contributed by atoms with Gasteiger partial charge >= 0.3 is 20.4 Å². The van der Waals surface area contributed by atoms with Crippen LogP contribution in [0.2, 0.25) is 0 Å². The van der Waals surface area contributed by atoms with Crippen LogP contribution in [0.5, 0.6) is 0 Å². The van der Waals surface area contributed by atoms with Crippen molar-refractivity contribution >= 4 is 124 Å². The van der Waals surface area contributed by atoms with Crippen LogP contribution in [0.1, 0.15) is 0 Å². The fourth-order valence-electron chi connectivity index (χ4n) is 11.6. The summed E-state index contributed by atoms with van der Waals surface area (Å²) in [6, 6.07) is 90.1. The quantitative estimate of drug-likeness (QED) is 0.0693. The number of furan rings is 1. The van der Waals surface area contributed by atoms with E-state index in [2.05, 4.69) is 246 Å². The molecule has 70 heavy (non-hydrogen) atoms. The van der Waals surface area contributed by atoms with Gasteiger partial charge in [-0.2, -0.15) is 23.4 Å². The Morgan fingerprint density at radius 2 is 1.11 bits per heavy atom. The van der Waals surface area contributed by atoms with Crippen molar-refractivity contribution in [3.8, 4) is 0 Å². The predicted molar refractivity (Wildman–Crippen MR) is 288 cm³/mol. The summed E-state index contributed by atoms with van der Waals surface area (Å²) in [5, 5.41) is 15.3. The minimum atomic E-state index is -3.23. The van der Waals surface area contributed by atoms with Crippen LogP contribution in [0.15, 0.2) is 247 Å². The Labute approximate surface area is 420 Å². The summed E-state index contributed by atoms with van der Waals surface area (Å²) in [6.07, 6.45) is 5.89. The van der Waals surface area contributed by atoms with E-state index < -0.39 is 16.1 Å². The molecule has 1 aliphatic heterocycles. The number of hydrogen-bond donors (Lipinski definition) is 0. The molecule has 0 radical (unpaired) electrons. The van der Waals surface area contributed by atoms with Crippen LogP contribution in [-0.4, -0.2) is 30.5 Å². The third-order valence-electron chi connectivity index (χ3n) is 14.5. The van der Waals surface area contributed by atoms with E-state index in [1.165, 1.54) is 36.5 Å². The standard InChI is InChI=1S/C62H40N4OSi2.Pd/c1-5-20-44(21-6-1)68(45-22-7-2-8-23-45,49-34-35-50-51-29-13-15-31-55(51)65-38-37-64-61(65)54(50)40-49)48-28-17-19-43(39-48)66-56-42-58-53(52-30-14-16-32-57(52)67-58)41-60(56)69(46-24-9-3-10-25-46,47-26-11-4-12-27-47)59-33-18-36-63-62(59)66;/h1-38,41-42H;/q-2;+2. The fourth-order valence-corrected chi connectivity index (χ4v) is 21.2. The van der Waals surface area contributed by atoms with Gasteiger partial charge in [0, 0.05) is 46.6 Å². The molecule has 4 aromatic heterocycles. The Hall–Kier alpha value is -7.96. The number of anilines is 3. The number of benzene rings is 9. The minimum Gasteiger partial charge on any atom is -0.456 e. The van der Waals surface area contributed by atoms with Crippen LogP contribution < -0.4 is 46.4 Å². The Morgan fingerprint density at radius 1 is 0.471 bits per heavy atom. The smallest absolute Gasteiger partial charge is 0.456 e. The Morgan fingerprint density at radius 3 is 1.84 bits per heavy atom. The molecule has 5 nitrogen and oxygen atoms in total. The van der Waals surface area contributed by atoms with Gasteiger partial charge in [0.1, 0.15) is 25.1 Å². The molecule has 0 aliphatic carbocycles. The van der Waals surface area contributed by atoms with Crippen molar-refractivity contribution in [1.29, 1.82) is 0 Å². The van der Waals surface area contributed by atoms with E-state index in [4.69, 9.17) is 14.4 Å². The molecule has 0 atom stereocenters. The van der Waals surface area contributed by atoms with Crippen LogP contribution in [0, 0.1) is 12.1 Å². The van der Waals surface area contributed by atoms with E-state index in [9.17, 15) is 0 Å². The van der Waals surface area contributed by atoms with Gasteiger partial charge in [-0.05, 0) is 60.8 Å². The van der Waals surface area contributed by atoms with Crippen molar-refractivity contribution in [2.45, 2.75) is 0 Å². The fraction of sp³-hybridized carbons (Fsp3) is 0. The summed E-state index contributed by atoms with van der Waals surface area (Å²) >= 11 is 0. The van der Waals surface area contributed by atoms with E-state index >= 15 is 0 Å². The Kier molecular flexibility index (Phi) is 10.0.